The van der Waals surface area contributed by atoms with Gasteiger partial charge in [0.15, 0.2) is 5.58 Å². The van der Waals surface area contributed by atoms with Crippen LogP contribution in [0.2, 0.25) is 0 Å². The summed E-state index contributed by atoms with van der Waals surface area (Å²) in [6, 6.07) is 14.5. The molecule has 4 rings (SSSR count). The highest BCUT2D eigenvalue weighted by molar-refractivity contribution is 7.59. The summed E-state index contributed by atoms with van der Waals surface area (Å²) in [4.78, 5) is 28.8. The molecule has 1 aliphatic rings. The fourth-order valence-corrected chi connectivity index (χ4v) is 4.24. The van der Waals surface area contributed by atoms with E-state index in [-0.39, 0.29) is 51.5 Å². The molecule has 0 bridgehead atoms. The standard InChI is InChI=1S/C24H26N4O4.2H2S/c1-26(23(30)12-16-6-7-22-20(11-16)27(2)24(31)32-22)21(15-28-9-8-19(29)14-28)18-5-3-4-17(10-18)13-25;;/h3-7,10-11,19,21,29H,8-9,12,14-15H2,1-2H3;2*1H2/t19-,21+;;/m0../s1. The van der Waals surface area contributed by atoms with Crippen molar-refractivity contribution in [1.82, 2.24) is 14.4 Å². The minimum Gasteiger partial charge on any atom is -0.408 e. The van der Waals surface area contributed by atoms with Crippen LogP contribution in [0.3, 0.4) is 0 Å². The van der Waals surface area contributed by atoms with Crippen molar-refractivity contribution >= 4 is 44.0 Å². The van der Waals surface area contributed by atoms with Gasteiger partial charge in [0.05, 0.1) is 35.7 Å². The highest BCUT2D eigenvalue weighted by Gasteiger charge is 2.28. The predicted octanol–water partition coefficient (Wildman–Crippen LogP) is 2.04. The molecule has 8 nitrogen and oxygen atoms in total. The lowest BCUT2D eigenvalue weighted by Crippen LogP contribution is -2.39. The number of fused-ring (bicyclic) bond motifs is 1. The summed E-state index contributed by atoms with van der Waals surface area (Å²) in [5, 5.41) is 19.2. The molecule has 182 valence electrons. The summed E-state index contributed by atoms with van der Waals surface area (Å²) in [6.45, 7) is 1.91. The van der Waals surface area contributed by atoms with Crippen molar-refractivity contribution in [3.05, 3.63) is 69.7 Å². The van der Waals surface area contributed by atoms with Gasteiger partial charge in [0.25, 0.3) is 0 Å². The number of aryl methyl sites for hydroxylation is 1. The molecule has 1 N–H and O–H groups in total. The van der Waals surface area contributed by atoms with E-state index < -0.39 is 5.76 Å². The number of amides is 1. The van der Waals surface area contributed by atoms with Crippen LogP contribution < -0.4 is 5.76 Å². The van der Waals surface area contributed by atoms with E-state index in [4.69, 9.17) is 4.42 Å². The lowest BCUT2D eigenvalue weighted by atomic mass is 10.0. The van der Waals surface area contributed by atoms with E-state index in [9.17, 15) is 20.0 Å². The molecule has 2 heterocycles. The number of rotatable bonds is 6. The van der Waals surface area contributed by atoms with Crippen molar-refractivity contribution in [1.29, 1.82) is 5.26 Å². The van der Waals surface area contributed by atoms with Gasteiger partial charge in [-0.05, 0) is 41.8 Å². The monoisotopic (exact) mass is 502 g/mol. The highest BCUT2D eigenvalue weighted by atomic mass is 32.1. The van der Waals surface area contributed by atoms with Gasteiger partial charge in [-0.25, -0.2) is 4.79 Å². The van der Waals surface area contributed by atoms with Crippen molar-refractivity contribution in [2.24, 2.45) is 7.05 Å². The number of nitriles is 1. The van der Waals surface area contributed by atoms with Gasteiger partial charge < -0.3 is 14.4 Å². The number of oxazole rings is 1. The van der Waals surface area contributed by atoms with Crippen molar-refractivity contribution in [3.8, 4) is 6.07 Å². The van der Waals surface area contributed by atoms with Crippen molar-refractivity contribution in [3.63, 3.8) is 0 Å². The molecule has 0 saturated carbocycles. The Morgan fingerprint density at radius 2 is 2.06 bits per heavy atom. The molecule has 1 amide bonds. The molecule has 34 heavy (non-hydrogen) atoms. The number of hydrogen-bond acceptors (Lipinski definition) is 6. The van der Waals surface area contributed by atoms with E-state index in [0.717, 1.165) is 17.7 Å². The van der Waals surface area contributed by atoms with Gasteiger partial charge in [-0.15, -0.1) is 0 Å². The molecule has 10 heteroatoms. The maximum Gasteiger partial charge on any atom is 0.419 e. The number of carbonyl (C=O) groups is 1. The molecule has 2 atom stereocenters. The van der Waals surface area contributed by atoms with E-state index in [1.165, 1.54) is 4.57 Å². The highest BCUT2D eigenvalue weighted by Crippen LogP contribution is 2.25. The molecule has 1 aromatic heterocycles. The van der Waals surface area contributed by atoms with Gasteiger partial charge in [0, 0.05) is 33.7 Å². The van der Waals surface area contributed by atoms with Crippen LogP contribution in [0.25, 0.3) is 11.1 Å². The molecule has 2 aromatic carbocycles. The molecule has 0 radical (unpaired) electrons. The van der Waals surface area contributed by atoms with E-state index in [1.807, 2.05) is 18.2 Å². The molecule has 0 spiro atoms. The average Bonchev–Trinajstić information content (AvgIpc) is 3.33. The molecule has 3 aromatic rings. The molecule has 1 fully saturated rings. The minimum atomic E-state index is -0.439. The molecule has 1 aliphatic heterocycles. The number of β-amino-alcohol motifs (C(OH)–C–C–N with tert-alkyl or cyclic N) is 1. The Kier molecular flexibility index (Phi) is 9.41. The summed E-state index contributed by atoms with van der Waals surface area (Å²) in [5.41, 5.74) is 3.34. The second-order valence-corrected chi connectivity index (χ2v) is 8.37. The fraction of sp³-hybridized carbons (Fsp3) is 0.375. The summed E-state index contributed by atoms with van der Waals surface area (Å²) >= 11 is 0. The average molecular weight is 503 g/mol. The van der Waals surface area contributed by atoms with Crippen LogP contribution in [0.15, 0.2) is 51.7 Å². The number of aliphatic hydroxyl groups excluding tert-OH is 1. The second kappa shape index (κ2) is 11.6. The maximum atomic E-state index is 13.2. The smallest absolute Gasteiger partial charge is 0.408 e. The van der Waals surface area contributed by atoms with Gasteiger partial charge in [0.2, 0.25) is 5.91 Å². The number of hydrogen-bond donors (Lipinski definition) is 1. The number of likely N-dealkylation sites (N-methyl/N-ethyl adjacent to an activating group) is 1. The van der Waals surface area contributed by atoms with Gasteiger partial charge in [-0.1, -0.05) is 18.2 Å². The summed E-state index contributed by atoms with van der Waals surface area (Å²) < 4.78 is 6.59. The second-order valence-electron chi connectivity index (χ2n) is 8.37. The Hall–Kier alpha value is -2.71. The summed E-state index contributed by atoms with van der Waals surface area (Å²) in [7, 11) is 3.40. The van der Waals surface area contributed by atoms with E-state index >= 15 is 0 Å². The Bertz CT molecular complexity index is 1250. The van der Waals surface area contributed by atoms with Crippen LogP contribution in [0.5, 0.6) is 0 Å². The zero-order valence-electron chi connectivity index (χ0n) is 19.2. The van der Waals surface area contributed by atoms with Crippen LogP contribution >= 0.6 is 27.0 Å². The third kappa shape index (κ3) is 5.85. The number of likely N-dealkylation sites (tertiary alicyclic amines) is 1. The third-order valence-corrected chi connectivity index (χ3v) is 6.15. The predicted molar refractivity (Wildman–Crippen MR) is 140 cm³/mol. The first kappa shape index (κ1) is 27.5. The number of carbonyl (C=O) groups excluding carboxylic acids is 1. The SMILES string of the molecule is CN(C(=O)Cc1ccc2oc(=O)n(C)c2c1)[C@H](CN1CC[C@H](O)C1)c1cccc(C#N)c1.S.S. The third-order valence-electron chi connectivity index (χ3n) is 6.15. The van der Waals surface area contributed by atoms with Crippen molar-refractivity contribution < 1.29 is 14.3 Å². The maximum absolute atomic E-state index is 13.2. The lowest BCUT2D eigenvalue weighted by molar-refractivity contribution is -0.131. The largest absolute Gasteiger partial charge is 0.419 e. The Balaban J connectivity index is 0.00000204. The molecule has 0 aliphatic carbocycles. The Morgan fingerprint density at radius 1 is 1.29 bits per heavy atom. The molecule has 1 saturated heterocycles. The molecular weight excluding hydrogens is 472 g/mol. The van der Waals surface area contributed by atoms with E-state index in [2.05, 4.69) is 11.0 Å². The van der Waals surface area contributed by atoms with Crippen LogP contribution in [0, 0.1) is 11.3 Å². The van der Waals surface area contributed by atoms with Crippen LogP contribution in [-0.2, 0) is 18.3 Å². The topological polar surface area (TPSA) is 103 Å². The van der Waals surface area contributed by atoms with Crippen LogP contribution in [0.4, 0.5) is 0 Å². The van der Waals surface area contributed by atoms with Gasteiger partial charge in [-0.3, -0.25) is 14.3 Å². The normalized spacial score (nSPS) is 16.4. The van der Waals surface area contributed by atoms with Gasteiger partial charge in [0.1, 0.15) is 0 Å². The minimum absolute atomic E-state index is 0. The molecule has 0 unspecified atom stereocenters. The fourth-order valence-electron chi connectivity index (χ4n) is 4.24. The first-order chi connectivity index (χ1) is 15.4. The zero-order valence-corrected chi connectivity index (χ0v) is 21.2. The summed E-state index contributed by atoms with van der Waals surface area (Å²) in [6.07, 6.45) is 0.532. The van der Waals surface area contributed by atoms with E-state index in [0.29, 0.717) is 36.2 Å². The first-order valence-electron chi connectivity index (χ1n) is 10.6. The summed E-state index contributed by atoms with van der Waals surface area (Å²) in [5.74, 6) is -0.518. The molecular formula is C24H30N4O4S2. The van der Waals surface area contributed by atoms with Crippen molar-refractivity contribution in [2.45, 2.75) is 25.0 Å². The van der Waals surface area contributed by atoms with Crippen LogP contribution in [-0.4, -0.2) is 58.2 Å². The first-order valence-corrected chi connectivity index (χ1v) is 10.6. The number of aromatic nitrogens is 1. The lowest BCUT2D eigenvalue weighted by Gasteiger charge is -2.32. The van der Waals surface area contributed by atoms with E-state index in [1.54, 1.807) is 43.3 Å². The quantitative estimate of drug-likeness (QED) is 0.553. The van der Waals surface area contributed by atoms with Gasteiger partial charge in [-0.2, -0.15) is 32.3 Å². The Morgan fingerprint density at radius 3 is 2.74 bits per heavy atom. The van der Waals surface area contributed by atoms with Crippen molar-refractivity contribution in [2.75, 3.05) is 26.7 Å². The zero-order chi connectivity index (χ0) is 22.8. The van der Waals surface area contributed by atoms with Gasteiger partial charge >= 0.3 is 5.76 Å². The number of nitrogens with zero attached hydrogens (tertiary/aromatic N) is 4. The Labute approximate surface area is 212 Å². The number of aliphatic hydroxyl groups is 1. The van der Waals surface area contributed by atoms with Crippen LogP contribution in [0.1, 0.15) is 29.2 Å². The number of benzene rings is 2.